The molecule has 0 saturated carbocycles. The Labute approximate surface area is 112 Å². The Morgan fingerprint density at radius 3 is 2.74 bits per heavy atom. The normalized spacial score (nSPS) is 24.4. The number of hydrogen-bond donors (Lipinski definition) is 1. The second-order valence-corrected chi connectivity index (χ2v) is 5.11. The topological polar surface area (TPSA) is 75.4 Å². The molecule has 2 unspecified atom stereocenters. The molecule has 2 atom stereocenters. The van der Waals surface area contributed by atoms with E-state index in [-0.39, 0.29) is 5.91 Å². The minimum atomic E-state index is -0.808. The number of carboxylic acid groups (broad SMARTS) is 1. The third-order valence-electron chi connectivity index (χ3n) is 4.07. The maximum atomic E-state index is 12.3. The van der Waals surface area contributed by atoms with Crippen molar-refractivity contribution in [1.82, 2.24) is 14.7 Å². The molecule has 0 bridgehead atoms. The molecular weight excluding hydrogens is 246 g/mol. The Morgan fingerprint density at radius 2 is 2.26 bits per heavy atom. The number of aromatic nitrogens is 2. The van der Waals surface area contributed by atoms with E-state index in [1.807, 2.05) is 6.92 Å². The largest absolute Gasteiger partial charge is 0.481 e. The number of carbonyl (C=O) groups excluding carboxylic acids is 1. The number of nitrogens with zero attached hydrogens (tertiary/aromatic N) is 3. The molecule has 1 N–H and O–H groups in total. The smallest absolute Gasteiger partial charge is 0.311 e. The van der Waals surface area contributed by atoms with Gasteiger partial charge in [0.2, 0.25) is 5.91 Å². The van der Waals surface area contributed by atoms with Crippen molar-refractivity contribution in [1.29, 1.82) is 0 Å². The zero-order valence-corrected chi connectivity index (χ0v) is 11.2. The number of amides is 1. The predicted molar refractivity (Wildman–Crippen MR) is 68.5 cm³/mol. The quantitative estimate of drug-likeness (QED) is 0.886. The molecule has 2 rings (SSSR count). The number of rotatable bonds is 4. The van der Waals surface area contributed by atoms with Gasteiger partial charge in [-0.15, -0.1) is 0 Å². The fraction of sp³-hybridized carbons (Fsp3) is 0.615. The summed E-state index contributed by atoms with van der Waals surface area (Å²) in [5, 5.41) is 13.4. The van der Waals surface area contributed by atoms with Gasteiger partial charge in [-0.25, -0.2) is 0 Å². The Hall–Kier alpha value is -1.85. The molecule has 1 amide bonds. The zero-order valence-electron chi connectivity index (χ0n) is 11.2. The van der Waals surface area contributed by atoms with Crippen LogP contribution < -0.4 is 0 Å². The summed E-state index contributed by atoms with van der Waals surface area (Å²) in [5.74, 6) is -0.877. The highest BCUT2D eigenvalue weighted by atomic mass is 16.4. The van der Waals surface area contributed by atoms with Crippen LogP contribution in [0.4, 0.5) is 0 Å². The Kier molecular flexibility index (Phi) is 3.59. The molecule has 1 aromatic heterocycles. The van der Waals surface area contributed by atoms with Crippen molar-refractivity contribution >= 4 is 11.9 Å². The van der Waals surface area contributed by atoms with Gasteiger partial charge in [0.1, 0.15) is 6.04 Å². The molecule has 104 valence electrons. The summed E-state index contributed by atoms with van der Waals surface area (Å²) < 4.78 is 1.59. The van der Waals surface area contributed by atoms with Crippen molar-refractivity contribution in [2.24, 2.45) is 5.41 Å². The molecule has 0 spiro atoms. The van der Waals surface area contributed by atoms with Crippen molar-refractivity contribution in [3.8, 4) is 0 Å². The summed E-state index contributed by atoms with van der Waals surface area (Å²) in [7, 11) is 0. The molecule has 6 heteroatoms. The van der Waals surface area contributed by atoms with Crippen molar-refractivity contribution < 1.29 is 14.7 Å². The van der Waals surface area contributed by atoms with Crippen molar-refractivity contribution in [3.63, 3.8) is 0 Å². The first-order chi connectivity index (χ1) is 9.00. The Balaban J connectivity index is 2.08. The van der Waals surface area contributed by atoms with Gasteiger partial charge in [-0.3, -0.25) is 14.3 Å². The first kappa shape index (κ1) is 13.6. The van der Waals surface area contributed by atoms with E-state index in [1.54, 1.807) is 35.0 Å². The van der Waals surface area contributed by atoms with Crippen molar-refractivity contribution in [3.05, 3.63) is 18.5 Å². The van der Waals surface area contributed by atoms with Crippen molar-refractivity contribution in [2.75, 3.05) is 13.1 Å². The van der Waals surface area contributed by atoms with Crippen LogP contribution in [0.2, 0.25) is 0 Å². The number of carbonyl (C=O) groups is 2. The maximum absolute atomic E-state index is 12.3. The highest BCUT2D eigenvalue weighted by Gasteiger charge is 2.45. The third-order valence-corrected chi connectivity index (χ3v) is 4.07. The third kappa shape index (κ3) is 2.34. The van der Waals surface area contributed by atoms with Gasteiger partial charge in [0.15, 0.2) is 0 Å². The van der Waals surface area contributed by atoms with Crippen LogP contribution in [0.3, 0.4) is 0 Å². The maximum Gasteiger partial charge on any atom is 0.311 e. The molecule has 0 aromatic carbocycles. The van der Waals surface area contributed by atoms with E-state index in [0.29, 0.717) is 25.9 Å². The monoisotopic (exact) mass is 265 g/mol. The van der Waals surface area contributed by atoms with Gasteiger partial charge in [-0.2, -0.15) is 5.10 Å². The summed E-state index contributed by atoms with van der Waals surface area (Å²) in [5.41, 5.74) is -0.778. The summed E-state index contributed by atoms with van der Waals surface area (Å²) in [6.07, 6.45) is 4.43. The molecule has 1 saturated heterocycles. The van der Waals surface area contributed by atoms with Crippen LogP contribution in [0.25, 0.3) is 0 Å². The van der Waals surface area contributed by atoms with Crippen LogP contribution >= 0.6 is 0 Å². The van der Waals surface area contributed by atoms with Crippen LogP contribution in [0, 0.1) is 5.41 Å². The van der Waals surface area contributed by atoms with E-state index in [9.17, 15) is 14.7 Å². The van der Waals surface area contributed by atoms with E-state index in [2.05, 4.69) is 5.10 Å². The second-order valence-electron chi connectivity index (χ2n) is 5.11. The van der Waals surface area contributed by atoms with Gasteiger partial charge in [0.05, 0.1) is 5.41 Å². The van der Waals surface area contributed by atoms with E-state index in [0.717, 1.165) is 0 Å². The molecule has 19 heavy (non-hydrogen) atoms. The van der Waals surface area contributed by atoms with E-state index in [4.69, 9.17) is 0 Å². The van der Waals surface area contributed by atoms with Gasteiger partial charge >= 0.3 is 5.97 Å². The van der Waals surface area contributed by atoms with E-state index in [1.165, 1.54) is 0 Å². The number of carboxylic acids is 1. The molecule has 1 aliphatic rings. The van der Waals surface area contributed by atoms with Crippen LogP contribution in [0.1, 0.15) is 32.7 Å². The molecule has 0 radical (unpaired) electrons. The standard InChI is InChI=1S/C13H19N3O3/c1-3-13(12(18)19)5-8-15(9-13)11(17)10(2)16-7-4-6-14-16/h4,6-7,10H,3,5,8-9H2,1-2H3,(H,18,19). The summed E-state index contributed by atoms with van der Waals surface area (Å²) >= 11 is 0. The fourth-order valence-corrected chi connectivity index (χ4v) is 2.56. The molecule has 1 aromatic rings. The summed E-state index contributed by atoms with van der Waals surface area (Å²) in [6, 6.07) is 1.37. The lowest BCUT2D eigenvalue weighted by atomic mass is 9.84. The van der Waals surface area contributed by atoms with Gasteiger partial charge < -0.3 is 10.0 Å². The molecular formula is C13H19N3O3. The van der Waals surface area contributed by atoms with Gasteiger partial charge in [-0.05, 0) is 25.8 Å². The highest BCUT2D eigenvalue weighted by Crippen LogP contribution is 2.35. The average molecular weight is 265 g/mol. The lowest BCUT2D eigenvalue weighted by molar-refractivity contribution is -0.148. The van der Waals surface area contributed by atoms with Crippen LogP contribution in [-0.2, 0) is 9.59 Å². The highest BCUT2D eigenvalue weighted by molar-refractivity contribution is 5.83. The minimum absolute atomic E-state index is 0.0692. The zero-order chi connectivity index (χ0) is 14.0. The van der Waals surface area contributed by atoms with E-state index >= 15 is 0 Å². The fourth-order valence-electron chi connectivity index (χ4n) is 2.56. The van der Waals surface area contributed by atoms with E-state index < -0.39 is 17.4 Å². The molecule has 0 aliphatic carbocycles. The second kappa shape index (κ2) is 5.03. The first-order valence-corrected chi connectivity index (χ1v) is 6.51. The van der Waals surface area contributed by atoms with Crippen LogP contribution in [0.5, 0.6) is 0 Å². The average Bonchev–Trinajstić information content (AvgIpc) is 3.06. The molecule has 1 aliphatic heterocycles. The summed E-state index contributed by atoms with van der Waals surface area (Å²) in [4.78, 5) is 25.4. The van der Waals surface area contributed by atoms with Gasteiger partial charge in [-0.1, -0.05) is 6.92 Å². The number of likely N-dealkylation sites (tertiary alicyclic amines) is 1. The number of aliphatic carboxylic acids is 1. The first-order valence-electron chi connectivity index (χ1n) is 6.51. The number of hydrogen-bond acceptors (Lipinski definition) is 3. The van der Waals surface area contributed by atoms with Crippen LogP contribution in [0.15, 0.2) is 18.5 Å². The van der Waals surface area contributed by atoms with Gasteiger partial charge in [0, 0.05) is 25.5 Å². The van der Waals surface area contributed by atoms with Crippen molar-refractivity contribution in [2.45, 2.75) is 32.7 Å². The lowest BCUT2D eigenvalue weighted by Crippen LogP contribution is -2.39. The Bertz CT molecular complexity index is 471. The molecule has 2 heterocycles. The SMILES string of the molecule is CCC1(C(=O)O)CCN(C(=O)C(C)n2cccn2)C1. The predicted octanol–water partition coefficient (Wildman–Crippen LogP) is 1.16. The van der Waals surface area contributed by atoms with Crippen LogP contribution in [-0.4, -0.2) is 44.8 Å². The Morgan fingerprint density at radius 1 is 1.53 bits per heavy atom. The lowest BCUT2D eigenvalue weighted by Gasteiger charge is -2.25. The minimum Gasteiger partial charge on any atom is -0.481 e. The molecule has 6 nitrogen and oxygen atoms in total. The summed E-state index contributed by atoms with van der Waals surface area (Å²) in [6.45, 7) is 4.44. The molecule has 1 fully saturated rings. The van der Waals surface area contributed by atoms with Gasteiger partial charge in [0.25, 0.3) is 0 Å².